The highest BCUT2D eigenvalue weighted by Gasteiger charge is 2.43. The number of hydrogen-bond donors (Lipinski definition) is 1. The molecule has 0 fully saturated rings. The molecule has 1 aliphatic rings. The van der Waals surface area contributed by atoms with Crippen LogP contribution in [0.2, 0.25) is 0 Å². The molecule has 1 unspecified atom stereocenters. The SMILES string of the molecule is CCNC(C)CCCCN1C(=O)C(C)(C)c2ccccc21. The van der Waals surface area contributed by atoms with Crippen LogP contribution in [0.25, 0.3) is 0 Å². The van der Waals surface area contributed by atoms with E-state index < -0.39 is 0 Å². The lowest BCUT2D eigenvalue weighted by Crippen LogP contribution is -2.36. The molecule has 2 rings (SSSR count). The number of unbranched alkanes of at least 4 members (excludes halogenated alkanes) is 1. The highest BCUT2D eigenvalue weighted by atomic mass is 16.2. The van der Waals surface area contributed by atoms with Crippen molar-refractivity contribution >= 4 is 11.6 Å². The van der Waals surface area contributed by atoms with Crippen molar-refractivity contribution in [2.75, 3.05) is 18.0 Å². The topological polar surface area (TPSA) is 32.3 Å². The lowest BCUT2D eigenvalue weighted by Gasteiger charge is -2.21. The molecule has 0 spiro atoms. The second-order valence-electron chi connectivity index (χ2n) is 6.55. The molecule has 1 amide bonds. The number of rotatable bonds is 7. The van der Waals surface area contributed by atoms with Gasteiger partial charge in [-0.3, -0.25) is 4.79 Å². The number of nitrogens with zero attached hydrogens (tertiary/aromatic N) is 1. The molecule has 1 aliphatic heterocycles. The summed E-state index contributed by atoms with van der Waals surface area (Å²) in [5.74, 6) is 0.239. The predicted molar refractivity (Wildman–Crippen MR) is 88.8 cm³/mol. The quantitative estimate of drug-likeness (QED) is 0.779. The normalized spacial score (nSPS) is 17.9. The summed E-state index contributed by atoms with van der Waals surface area (Å²) in [5, 5.41) is 3.43. The van der Waals surface area contributed by atoms with E-state index in [2.05, 4.69) is 31.3 Å². The van der Waals surface area contributed by atoms with E-state index in [4.69, 9.17) is 0 Å². The third-order valence-electron chi connectivity index (χ3n) is 4.47. The zero-order valence-electron chi connectivity index (χ0n) is 13.8. The van der Waals surface area contributed by atoms with Gasteiger partial charge in [-0.05, 0) is 51.8 Å². The first-order chi connectivity index (χ1) is 9.98. The lowest BCUT2D eigenvalue weighted by atomic mass is 9.86. The molecule has 21 heavy (non-hydrogen) atoms. The Morgan fingerprint density at radius 3 is 2.67 bits per heavy atom. The number of benzene rings is 1. The van der Waals surface area contributed by atoms with Crippen LogP contribution in [0.1, 0.15) is 52.5 Å². The zero-order chi connectivity index (χ0) is 15.5. The van der Waals surface area contributed by atoms with Gasteiger partial charge >= 0.3 is 0 Å². The molecular formula is C18H28N2O. The average Bonchev–Trinajstić information content (AvgIpc) is 2.65. The van der Waals surface area contributed by atoms with E-state index in [-0.39, 0.29) is 11.3 Å². The number of nitrogens with one attached hydrogen (secondary N) is 1. The third kappa shape index (κ3) is 3.29. The van der Waals surface area contributed by atoms with E-state index in [1.54, 1.807) is 0 Å². The Morgan fingerprint density at radius 1 is 1.24 bits per heavy atom. The van der Waals surface area contributed by atoms with Crippen LogP contribution in [0.15, 0.2) is 24.3 Å². The number of amides is 1. The molecule has 1 N–H and O–H groups in total. The Kier molecular flexibility index (Phi) is 5.04. The second-order valence-corrected chi connectivity index (χ2v) is 6.55. The maximum absolute atomic E-state index is 12.6. The Hall–Kier alpha value is -1.35. The molecule has 0 saturated carbocycles. The van der Waals surface area contributed by atoms with Gasteiger partial charge in [0.05, 0.1) is 5.41 Å². The molecule has 1 atom stereocenters. The monoisotopic (exact) mass is 288 g/mol. The fourth-order valence-corrected chi connectivity index (χ4v) is 3.19. The van der Waals surface area contributed by atoms with Crippen molar-refractivity contribution in [1.82, 2.24) is 5.32 Å². The lowest BCUT2D eigenvalue weighted by molar-refractivity contribution is -0.122. The van der Waals surface area contributed by atoms with E-state index in [1.165, 1.54) is 6.42 Å². The van der Waals surface area contributed by atoms with Crippen LogP contribution in [0.4, 0.5) is 5.69 Å². The third-order valence-corrected chi connectivity index (χ3v) is 4.47. The van der Waals surface area contributed by atoms with E-state index in [1.807, 2.05) is 30.9 Å². The van der Waals surface area contributed by atoms with Crippen LogP contribution in [0, 0.1) is 0 Å². The molecular weight excluding hydrogens is 260 g/mol. The van der Waals surface area contributed by atoms with Crippen LogP contribution in [-0.4, -0.2) is 25.0 Å². The summed E-state index contributed by atoms with van der Waals surface area (Å²) in [7, 11) is 0. The molecule has 0 aliphatic carbocycles. The smallest absolute Gasteiger partial charge is 0.237 e. The summed E-state index contributed by atoms with van der Waals surface area (Å²) < 4.78 is 0. The van der Waals surface area contributed by atoms with Gasteiger partial charge in [0.25, 0.3) is 0 Å². The van der Waals surface area contributed by atoms with E-state index in [0.717, 1.165) is 37.2 Å². The fraction of sp³-hybridized carbons (Fsp3) is 0.611. The van der Waals surface area contributed by atoms with Gasteiger partial charge in [0, 0.05) is 18.3 Å². The average molecular weight is 288 g/mol. The molecule has 0 bridgehead atoms. The van der Waals surface area contributed by atoms with Crippen molar-refractivity contribution in [3.05, 3.63) is 29.8 Å². The zero-order valence-corrected chi connectivity index (χ0v) is 13.8. The number of para-hydroxylation sites is 1. The minimum atomic E-state index is -0.381. The molecule has 3 heteroatoms. The van der Waals surface area contributed by atoms with Gasteiger partial charge in [-0.1, -0.05) is 31.5 Å². The van der Waals surface area contributed by atoms with Gasteiger partial charge in [-0.2, -0.15) is 0 Å². The first-order valence-electron chi connectivity index (χ1n) is 8.13. The van der Waals surface area contributed by atoms with Gasteiger partial charge in [-0.15, -0.1) is 0 Å². The number of carbonyl (C=O) groups is 1. The molecule has 0 aromatic heterocycles. The van der Waals surface area contributed by atoms with Gasteiger partial charge in [0.1, 0.15) is 0 Å². The standard InChI is InChI=1S/C18H28N2O/c1-5-19-14(2)10-8-9-13-20-16-12-7-6-11-15(16)18(3,4)17(20)21/h6-7,11-12,14,19H,5,8-10,13H2,1-4H3. The molecule has 0 radical (unpaired) electrons. The molecule has 1 aromatic rings. The second kappa shape index (κ2) is 6.61. The Labute approximate surface area is 128 Å². The fourth-order valence-electron chi connectivity index (χ4n) is 3.19. The first kappa shape index (κ1) is 16.0. The van der Waals surface area contributed by atoms with Gasteiger partial charge < -0.3 is 10.2 Å². The van der Waals surface area contributed by atoms with E-state index in [0.29, 0.717) is 6.04 Å². The van der Waals surface area contributed by atoms with Gasteiger partial charge in [0.2, 0.25) is 5.91 Å². The van der Waals surface area contributed by atoms with Crippen LogP contribution in [0.3, 0.4) is 0 Å². The summed E-state index contributed by atoms with van der Waals surface area (Å²) in [6.07, 6.45) is 3.38. The Balaban J connectivity index is 1.94. The summed E-state index contributed by atoms with van der Waals surface area (Å²) in [4.78, 5) is 14.6. The summed E-state index contributed by atoms with van der Waals surface area (Å²) in [6.45, 7) is 10.3. The molecule has 0 saturated heterocycles. The number of carbonyl (C=O) groups excluding carboxylic acids is 1. The van der Waals surface area contributed by atoms with Crippen LogP contribution in [-0.2, 0) is 10.2 Å². The van der Waals surface area contributed by atoms with E-state index >= 15 is 0 Å². The Bertz CT molecular complexity index is 496. The number of hydrogen-bond acceptors (Lipinski definition) is 2. The first-order valence-corrected chi connectivity index (χ1v) is 8.13. The summed E-state index contributed by atoms with van der Waals surface area (Å²) in [5.41, 5.74) is 1.89. The summed E-state index contributed by atoms with van der Waals surface area (Å²) in [6, 6.07) is 8.76. The highest BCUT2D eigenvalue weighted by Crippen LogP contribution is 2.41. The minimum Gasteiger partial charge on any atom is -0.315 e. The van der Waals surface area contributed by atoms with Crippen LogP contribution in [0.5, 0.6) is 0 Å². The van der Waals surface area contributed by atoms with Crippen molar-refractivity contribution in [3.8, 4) is 0 Å². The van der Waals surface area contributed by atoms with Crippen LogP contribution < -0.4 is 10.2 Å². The molecule has 1 heterocycles. The molecule has 1 aromatic carbocycles. The minimum absolute atomic E-state index is 0.239. The molecule has 3 nitrogen and oxygen atoms in total. The molecule has 116 valence electrons. The summed E-state index contributed by atoms with van der Waals surface area (Å²) >= 11 is 0. The van der Waals surface area contributed by atoms with Crippen molar-refractivity contribution in [2.24, 2.45) is 0 Å². The highest BCUT2D eigenvalue weighted by molar-refractivity contribution is 6.07. The number of fused-ring (bicyclic) bond motifs is 1. The van der Waals surface area contributed by atoms with Gasteiger partial charge in [-0.25, -0.2) is 0 Å². The number of anilines is 1. The Morgan fingerprint density at radius 2 is 1.95 bits per heavy atom. The maximum Gasteiger partial charge on any atom is 0.237 e. The van der Waals surface area contributed by atoms with Crippen molar-refractivity contribution in [3.63, 3.8) is 0 Å². The van der Waals surface area contributed by atoms with Crippen LogP contribution >= 0.6 is 0 Å². The van der Waals surface area contributed by atoms with E-state index in [9.17, 15) is 4.79 Å². The maximum atomic E-state index is 12.6. The predicted octanol–water partition coefficient (Wildman–Crippen LogP) is 3.48. The largest absolute Gasteiger partial charge is 0.315 e. The van der Waals surface area contributed by atoms with Crippen molar-refractivity contribution in [1.29, 1.82) is 0 Å². The van der Waals surface area contributed by atoms with Crippen molar-refractivity contribution < 1.29 is 4.79 Å². The van der Waals surface area contributed by atoms with Crippen molar-refractivity contribution in [2.45, 2.75) is 58.4 Å². The van der Waals surface area contributed by atoms with Gasteiger partial charge in [0.15, 0.2) is 0 Å².